The number of fused-ring (bicyclic) bond motifs is 1. The first kappa shape index (κ1) is 18.2. The molecule has 1 aromatic heterocycles. The number of aromatic nitrogens is 3. The lowest BCUT2D eigenvalue weighted by atomic mass is 10.3. The molecule has 1 aliphatic heterocycles. The van der Waals surface area contributed by atoms with Crippen molar-refractivity contribution in [1.82, 2.24) is 25.4 Å². The SMILES string of the molecule is CCNC(=NCc1nnc2n1CCC2)NCC(C)Oc1cccc(F)c1. The van der Waals surface area contributed by atoms with E-state index in [9.17, 15) is 4.39 Å². The summed E-state index contributed by atoms with van der Waals surface area (Å²) in [4.78, 5) is 4.58. The molecular weight excluding hydrogens is 335 g/mol. The molecule has 0 radical (unpaired) electrons. The molecule has 7 nitrogen and oxygen atoms in total. The molecule has 2 N–H and O–H groups in total. The summed E-state index contributed by atoms with van der Waals surface area (Å²) >= 11 is 0. The van der Waals surface area contributed by atoms with Crippen LogP contribution in [0.3, 0.4) is 0 Å². The van der Waals surface area contributed by atoms with Crippen molar-refractivity contribution in [2.75, 3.05) is 13.1 Å². The Kier molecular flexibility index (Phi) is 6.04. The number of halogens is 1. The van der Waals surface area contributed by atoms with Gasteiger partial charge in [-0.3, -0.25) is 0 Å². The van der Waals surface area contributed by atoms with Crippen LogP contribution in [-0.4, -0.2) is 39.9 Å². The predicted molar refractivity (Wildman–Crippen MR) is 97.7 cm³/mol. The Bertz CT molecular complexity index is 760. The molecule has 0 amide bonds. The van der Waals surface area contributed by atoms with Gasteiger partial charge in [-0.1, -0.05) is 6.07 Å². The summed E-state index contributed by atoms with van der Waals surface area (Å²) in [6, 6.07) is 6.15. The van der Waals surface area contributed by atoms with Gasteiger partial charge in [-0.25, -0.2) is 9.38 Å². The van der Waals surface area contributed by atoms with Gasteiger partial charge >= 0.3 is 0 Å². The first-order valence-electron chi connectivity index (χ1n) is 9.01. The van der Waals surface area contributed by atoms with E-state index in [-0.39, 0.29) is 11.9 Å². The number of ether oxygens (including phenoxy) is 1. The number of rotatable bonds is 7. The second-order valence-corrected chi connectivity index (χ2v) is 6.25. The monoisotopic (exact) mass is 360 g/mol. The number of nitrogens with zero attached hydrogens (tertiary/aromatic N) is 4. The van der Waals surface area contributed by atoms with E-state index >= 15 is 0 Å². The van der Waals surface area contributed by atoms with Gasteiger partial charge in [-0.2, -0.15) is 0 Å². The van der Waals surface area contributed by atoms with Crippen molar-refractivity contribution in [2.24, 2.45) is 4.99 Å². The van der Waals surface area contributed by atoms with Crippen LogP contribution in [0, 0.1) is 5.82 Å². The number of aliphatic imine (C=N–C) groups is 1. The number of hydrogen-bond acceptors (Lipinski definition) is 4. The highest BCUT2D eigenvalue weighted by molar-refractivity contribution is 5.79. The Morgan fingerprint density at radius 1 is 1.38 bits per heavy atom. The van der Waals surface area contributed by atoms with Gasteiger partial charge in [-0.15, -0.1) is 10.2 Å². The molecule has 2 aromatic rings. The molecule has 0 fully saturated rings. The summed E-state index contributed by atoms with van der Waals surface area (Å²) in [6.07, 6.45) is 1.97. The molecular formula is C18H25FN6O. The molecule has 0 aliphatic carbocycles. The van der Waals surface area contributed by atoms with E-state index in [4.69, 9.17) is 4.74 Å². The Hall–Kier alpha value is -2.64. The fourth-order valence-corrected chi connectivity index (χ4v) is 2.87. The van der Waals surface area contributed by atoms with Crippen LogP contribution >= 0.6 is 0 Å². The lowest BCUT2D eigenvalue weighted by molar-refractivity contribution is 0.223. The van der Waals surface area contributed by atoms with Gasteiger partial charge in [0.05, 0.1) is 6.54 Å². The van der Waals surface area contributed by atoms with Crippen molar-refractivity contribution >= 4 is 5.96 Å². The zero-order valence-electron chi connectivity index (χ0n) is 15.2. The van der Waals surface area contributed by atoms with Crippen molar-refractivity contribution in [3.63, 3.8) is 0 Å². The van der Waals surface area contributed by atoms with E-state index in [2.05, 4.69) is 30.4 Å². The average molecular weight is 360 g/mol. The van der Waals surface area contributed by atoms with Crippen molar-refractivity contribution in [3.05, 3.63) is 41.7 Å². The predicted octanol–water partition coefficient (Wildman–Crippen LogP) is 1.89. The van der Waals surface area contributed by atoms with E-state index in [1.54, 1.807) is 12.1 Å². The minimum atomic E-state index is -0.307. The molecule has 26 heavy (non-hydrogen) atoms. The minimum absolute atomic E-state index is 0.141. The van der Waals surface area contributed by atoms with Crippen molar-refractivity contribution < 1.29 is 9.13 Å². The lowest BCUT2D eigenvalue weighted by Crippen LogP contribution is -2.41. The molecule has 0 bridgehead atoms. The third-order valence-electron chi connectivity index (χ3n) is 4.10. The summed E-state index contributed by atoms with van der Waals surface area (Å²) in [5.41, 5.74) is 0. The Balaban J connectivity index is 1.54. The smallest absolute Gasteiger partial charge is 0.191 e. The molecule has 1 unspecified atom stereocenters. The third-order valence-corrected chi connectivity index (χ3v) is 4.10. The van der Waals surface area contributed by atoms with Crippen molar-refractivity contribution in [1.29, 1.82) is 0 Å². The minimum Gasteiger partial charge on any atom is -0.489 e. The quantitative estimate of drug-likeness (QED) is 0.582. The number of benzene rings is 1. The van der Waals surface area contributed by atoms with E-state index in [0.717, 1.165) is 37.6 Å². The van der Waals surface area contributed by atoms with Gasteiger partial charge in [0.2, 0.25) is 0 Å². The molecule has 0 saturated heterocycles. The van der Waals surface area contributed by atoms with E-state index in [0.29, 0.717) is 24.8 Å². The molecule has 8 heteroatoms. The largest absolute Gasteiger partial charge is 0.489 e. The zero-order valence-corrected chi connectivity index (χ0v) is 15.2. The first-order valence-corrected chi connectivity index (χ1v) is 9.01. The highest BCUT2D eigenvalue weighted by atomic mass is 19.1. The summed E-state index contributed by atoms with van der Waals surface area (Å²) in [7, 11) is 0. The second kappa shape index (κ2) is 8.64. The van der Waals surface area contributed by atoms with Gasteiger partial charge in [0.15, 0.2) is 11.8 Å². The summed E-state index contributed by atoms with van der Waals surface area (Å²) in [6.45, 7) is 6.67. The maximum Gasteiger partial charge on any atom is 0.191 e. The molecule has 1 aliphatic rings. The maximum atomic E-state index is 13.2. The number of hydrogen-bond donors (Lipinski definition) is 2. The van der Waals surface area contributed by atoms with Crippen LogP contribution in [-0.2, 0) is 19.5 Å². The van der Waals surface area contributed by atoms with Crippen LogP contribution in [0.1, 0.15) is 31.9 Å². The Morgan fingerprint density at radius 3 is 3.08 bits per heavy atom. The fourth-order valence-electron chi connectivity index (χ4n) is 2.87. The van der Waals surface area contributed by atoms with Crippen LogP contribution in [0.25, 0.3) is 0 Å². The summed E-state index contributed by atoms with van der Waals surface area (Å²) in [5.74, 6) is 2.83. The van der Waals surface area contributed by atoms with Crippen LogP contribution < -0.4 is 15.4 Å². The molecule has 1 atom stereocenters. The molecule has 3 rings (SSSR count). The summed E-state index contributed by atoms with van der Waals surface area (Å²) < 4.78 is 21.1. The van der Waals surface area contributed by atoms with Crippen LogP contribution in [0.4, 0.5) is 4.39 Å². The lowest BCUT2D eigenvalue weighted by Gasteiger charge is -2.17. The average Bonchev–Trinajstić information content (AvgIpc) is 3.21. The van der Waals surface area contributed by atoms with E-state index < -0.39 is 0 Å². The van der Waals surface area contributed by atoms with Gasteiger partial charge < -0.3 is 19.9 Å². The van der Waals surface area contributed by atoms with Gasteiger partial charge in [-0.05, 0) is 32.4 Å². The molecule has 140 valence electrons. The number of aryl methyl sites for hydroxylation is 1. The fraction of sp³-hybridized carbons (Fsp3) is 0.500. The topological polar surface area (TPSA) is 76.4 Å². The molecule has 0 saturated carbocycles. The van der Waals surface area contributed by atoms with Gasteiger partial charge in [0.1, 0.15) is 30.0 Å². The molecule has 2 heterocycles. The van der Waals surface area contributed by atoms with Crippen molar-refractivity contribution in [3.8, 4) is 5.75 Å². The highest BCUT2D eigenvalue weighted by Gasteiger charge is 2.16. The van der Waals surface area contributed by atoms with E-state index in [1.165, 1.54) is 12.1 Å². The van der Waals surface area contributed by atoms with Gasteiger partial charge in [0.25, 0.3) is 0 Å². The highest BCUT2D eigenvalue weighted by Crippen LogP contribution is 2.15. The summed E-state index contributed by atoms with van der Waals surface area (Å²) in [5, 5.41) is 14.9. The molecule has 0 spiro atoms. The van der Waals surface area contributed by atoms with E-state index in [1.807, 2.05) is 13.8 Å². The normalized spacial score (nSPS) is 14.8. The Morgan fingerprint density at radius 2 is 2.27 bits per heavy atom. The zero-order chi connectivity index (χ0) is 18.4. The number of nitrogens with one attached hydrogen (secondary N) is 2. The Labute approximate surface area is 152 Å². The standard InChI is InChI=1S/C18H25FN6O/c1-3-20-18(22-12-17-24-23-16-8-5-9-25(16)17)21-11-13(2)26-15-7-4-6-14(19)10-15/h4,6-7,10,13H,3,5,8-9,11-12H2,1-2H3,(H2,20,21,22). The van der Waals surface area contributed by atoms with Crippen LogP contribution in [0.15, 0.2) is 29.3 Å². The number of guanidine groups is 1. The maximum absolute atomic E-state index is 13.2. The van der Waals surface area contributed by atoms with Crippen LogP contribution in [0.2, 0.25) is 0 Å². The molecule has 1 aromatic carbocycles. The van der Waals surface area contributed by atoms with Gasteiger partial charge in [0, 0.05) is 25.6 Å². The second-order valence-electron chi connectivity index (χ2n) is 6.25. The third kappa shape index (κ3) is 4.71. The van der Waals surface area contributed by atoms with Crippen molar-refractivity contribution in [2.45, 2.75) is 45.9 Å². The van der Waals surface area contributed by atoms with Crippen LogP contribution in [0.5, 0.6) is 5.75 Å². The first-order chi connectivity index (χ1) is 12.7.